The summed E-state index contributed by atoms with van der Waals surface area (Å²) in [4.78, 5) is 19.5. The highest BCUT2D eigenvalue weighted by Crippen LogP contribution is 2.07. The first-order valence-corrected chi connectivity index (χ1v) is 5.25. The molecule has 0 spiro atoms. The lowest BCUT2D eigenvalue weighted by atomic mass is 10.2. The molecule has 4 heteroatoms. The number of hydrogen-bond acceptors (Lipinski definition) is 4. The van der Waals surface area contributed by atoms with Gasteiger partial charge in [-0.15, -0.1) is 0 Å². The summed E-state index contributed by atoms with van der Waals surface area (Å²) < 4.78 is 5.18. The second-order valence-electron chi connectivity index (χ2n) is 3.58. The molecule has 0 unspecified atom stereocenters. The van der Waals surface area contributed by atoms with Crippen molar-refractivity contribution < 1.29 is 9.53 Å². The first kappa shape index (κ1) is 11.3. The number of ether oxygens (including phenoxy) is 1. The molecule has 2 aromatic rings. The van der Waals surface area contributed by atoms with Crippen LogP contribution in [0.3, 0.4) is 0 Å². The van der Waals surface area contributed by atoms with Gasteiger partial charge >= 0.3 is 5.97 Å². The molecule has 0 saturated carbocycles. The molecule has 0 radical (unpaired) electrons. The number of benzene rings is 1. The summed E-state index contributed by atoms with van der Waals surface area (Å²) >= 11 is 0. The average molecular weight is 228 g/mol. The minimum Gasteiger partial charge on any atom is -0.457 e. The van der Waals surface area contributed by atoms with Crippen LogP contribution in [0.5, 0.6) is 0 Å². The summed E-state index contributed by atoms with van der Waals surface area (Å²) in [6.45, 7) is 2.01. The minimum atomic E-state index is -0.396. The van der Waals surface area contributed by atoms with Crippen LogP contribution in [0.4, 0.5) is 0 Å². The molecule has 2 rings (SSSR count). The lowest BCUT2D eigenvalue weighted by Gasteiger charge is -2.05. The Hall–Kier alpha value is -2.23. The summed E-state index contributed by atoms with van der Waals surface area (Å²) in [6.07, 6.45) is 2.87. The number of rotatable bonds is 3. The molecular formula is C13H12N2O2. The Kier molecular flexibility index (Phi) is 3.45. The summed E-state index contributed by atoms with van der Waals surface area (Å²) in [5, 5.41) is 0. The Balaban J connectivity index is 2.01. The number of carbonyl (C=O) groups excluding carboxylic acids is 1. The minimum absolute atomic E-state index is 0.258. The van der Waals surface area contributed by atoms with E-state index in [2.05, 4.69) is 9.97 Å². The maximum Gasteiger partial charge on any atom is 0.341 e. The normalized spacial score (nSPS) is 9.94. The van der Waals surface area contributed by atoms with Crippen LogP contribution in [0, 0.1) is 6.92 Å². The van der Waals surface area contributed by atoms with Gasteiger partial charge < -0.3 is 4.74 Å². The molecule has 0 aliphatic rings. The number of aryl methyl sites for hydroxylation is 1. The van der Waals surface area contributed by atoms with Gasteiger partial charge in [0.05, 0.1) is 11.3 Å². The van der Waals surface area contributed by atoms with Crippen LogP contribution >= 0.6 is 0 Å². The van der Waals surface area contributed by atoms with Crippen LogP contribution in [0.1, 0.15) is 21.6 Å². The molecule has 0 saturated heterocycles. The third-order valence-corrected chi connectivity index (χ3v) is 2.34. The molecular weight excluding hydrogens is 216 g/mol. The van der Waals surface area contributed by atoms with E-state index in [9.17, 15) is 4.79 Å². The van der Waals surface area contributed by atoms with Gasteiger partial charge in [-0.05, 0) is 12.5 Å². The molecule has 0 aliphatic carbocycles. The molecule has 0 atom stereocenters. The SMILES string of the molecule is Cc1ncncc1C(=O)OCc1ccccc1. The zero-order valence-electron chi connectivity index (χ0n) is 9.46. The second-order valence-corrected chi connectivity index (χ2v) is 3.58. The predicted octanol–water partition coefficient (Wildman–Crippen LogP) is 2.14. The van der Waals surface area contributed by atoms with Gasteiger partial charge in [0.25, 0.3) is 0 Å². The van der Waals surface area contributed by atoms with E-state index in [1.165, 1.54) is 12.5 Å². The van der Waals surface area contributed by atoms with E-state index in [4.69, 9.17) is 4.74 Å². The van der Waals surface area contributed by atoms with Crippen LogP contribution < -0.4 is 0 Å². The molecule has 4 nitrogen and oxygen atoms in total. The average Bonchev–Trinajstić information content (AvgIpc) is 2.38. The highest BCUT2D eigenvalue weighted by molar-refractivity contribution is 5.90. The Labute approximate surface area is 99.3 Å². The number of carbonyl (C=O) groups is 1. The topological polar surface area (TPSA) is 52.1 Å². The van der Waals surface area contributed by atoms with E-state index in [0.29, 0.717) is 11.3 Å². The summed E-state index contributed by atoms with van der Waals surface area (Å²) in [5.41, 5.74) is 1.98. The quantitative estimate of drug-likeness (QED) is 0.755. The maximum atomic E-state index is 11.7. The van der Waals surface area contributed by atoms with Gasteiger partial charge in [0.2, 0.25) is 0 Å². The van der Waals surface area contributed by atoms with E-state index in [1.54, 1.807) is 6.92 Å². The summed E-state index contributed by atoms with van der Waals surface area (Å²) in [7, 11) is 0. The fourth-order valence-corrected chi connectivity index (χ4v) is 1.39. The Morgan fingerprint density at radius 2 is 2.06 bits per heavy atom. The molecule has 1 aromatic heterocycles. The van der Waals surface area contributed by atoms with E-state index < -0.39 is 5.97 Å². The van der Waals surface area contributed by atoms with Crippen molar-refractivity contribution in [2.24, 2.45) is 0 Å². The number of hydrogen-bond donors (Lipinski definition) is 0. The van der Waals surface area contributed by atoms with Crippen molar-refractivity contribution in [3.8, 4) is 0 Å². The largest absolute Gasteiger partial charge is 0.457 e. The molecule has 0 amide bonds. The molecule has 1 heterocycles. The van der Waals surface area contributed by atoms with Crippen molar-refractivity contribution in [3.63, 3.8) is 0 Å². The molecule has 0 N–H and O–H groups in total. The standard InChI is InChI=1S/C13H12N2O2/c1-10-12(7-14-9-15-10)13(16)17-8-11-5-3-2-4-6-11/h2-7,9H,8H2,1H3. The van der Waals surface area contributed by atoms with E-state index >= 15 is 0 Å². The van der Waals surface area contributed by atoms with Gasteiger partial charge in [-0.1, -0.05) is 30.3 Å². The van der Waals surface area contributed by atoms with Crippen molar-refractivity contribution in [2.45, 2.75) is 13.5 Å². The van der Waals surface area contributed by atoms with Crippen molar-refractivity contribution in [1.29, 1.82) is 0 Å². The van der Waals surface area contributed by atoms with Gasteiger partial charge in [-0.2, -0.15) is 0 Å². The fraction of sp³-hybridized carbons (Fsp3) is 0.154. The van der Waals surface area contributed by atoms with Crippen molar-refractivity contribution in [3.05, 3.63) is 59.7 Å². The first-order valence-electron chi connectivity index (χ1n) is 5.25. The molecule has 0 fully saturated rings. The number of nitrogens with zero attached hydrogens (tertiary/aromatic N) is 2. The fourth-order valence-electron chi connectivity index (χ4n) is 1.39. The summed E-state index contributed by atoms with van der Waals surface area (Å²) in [6, 6.07) is 9.53. The number of esters is 1. The Morgan fingerprint density at radius 1 is 1.29 bits per heavy atom. The van der Waals surface area contributed by atoms with Crippen LogP contribution in [-0.4, -0.2) is 15.9 Å². The molecule has 0 bridgehead atoms. The Bertz CT molecular complexity index is 512. The lowest BCUT2D eigenvalue weighted by Crippen LogP contribution is -2.08. The van der Waals surface area contributed by atoms with Gasteiger partial charge in [-0.3, -0.25) is 0 Å². The third-order valence-electron chi connectivity index (χ3n) is 2.34. The third kappa shape index (κ3) is 2.87. The van der Waals surface area contributed by atoms with E-state index in [1.807, 2.05) is 30.3 Å². The molecule has 86 valence electrons. The van der Waals surface area contributed by atoms with Gasteiger partial charge in [-0.25, -0.2) is 14.8 Å². The van der Waals surface area contributed by atoms with Crippen molar-refractivity contribution in [2.75, 3.05) is 0 Å². The van der Waals surface area contributed by atoms with Gasteiger partial charge in [0.1, 0.15) is 12.9 Å². The highest BCUT2D eigenvalue weighted by Gasteiger charge is 2.11. The maximum absolute atomic E-state index is 11.7. The zero-order valence-corrected chi connectivity index (χ0v) is 9.46. The van der Waals surface area contributed by atoms with Crippen LogP contribution in [0.15, 0.2) is 42.9 Å². The van der Waals surface area contributed by atoms with Crippen LogP contribution in [0.25, 0.3) is 0 Å². The van der Waals surface area contributed by atoms with Crippen LogP contribution in [0.2, 0.25) is 0 Å². The van der Waals surface area contributed by atoms with Gasteiger partial charge in [0, 0.05) is 6.20 Å². The number of aromatic nitrogens is 2. The van der Waals surface area contributed by atoms with Gasteiger partial charge in [0.15, 0.2) is 0 Å². The molecule has 17 heavy (non-hydrogen) atoms. The van der Waals surface area contributed by atoms with E-state index in [0.717, 1.165) is 5.56 Å². The highest BCUT2D eigenvalue weighted by atomic mass is 16.5. The Morgan fingerprint density at radius 3 is 2.76 bits per heavy atom. The molecule has 0 aliphatic heterocycles. The van der Waals surface area contributed by atoms with Crippen molar-refractivity contribution >= 4 is 5.97 Å². The second kappa shape index (κ2) is 5.21. The monoisotopic (exact) mass is 228 g/mol. The van der Waals surface area contributed by atoms with Crippen LogP contribution in [-0.2, 0) is 11.3 Å². The zero-order chi connectivity index (χ0) is 12.1. The first-order chi connectivity index (χ1) is 8.27. The molecule has 1 aromatic carbocycles. The summed E-state index contributed by atoms with van der Waals surface area (Å²) in [5.74, 6) is -0.396. The van der Waals surface area contributed by atoms with E-state index in [-0.39, 0.29) is 6.61 Å². The van der Waals surface area contributed by atoms with Crippen molar-refractivity contribution in [1.82, 2.24) is 9.97 Å². The predicted molar refractivity (Wildman–Crippen MR) is 62.3 cm³/mol. The lowest BCUT2D eigenvalue weighted by molar-refractivity contribution is 0.0470. The smallest absolute Gasteiger partial charge is 0.341 e.